The molecule has 0 atom stereocenters. The van der Waals surface area contributed by atoms with Crippen molar-refractivity contribution in [3.63, 3.8) is 0 Å². The first-order valence-electron chi connectivity index (χ1n) is 9.99. The number of hydrazine groups is 1. The lowest BCUT2D eigenvalue weighted by Gasteiger charge is -2.41. The summed E-state index contributed by atoms with van der Waals surface area (Å²) < 4.78 is 13.2. The van der Waals surface area contributed by atoms with Gasteiger partial charge in [-0.25, -0.2) is 29.2 Å². The number of likely N-dealkylation sites (tertiary alicyclic amines) is 1. The molecule has 0 bridgehead atoms. The number of rotatable bonds is 5. The summed E-state index contributed by atoms with van der Waals surface area (Å²) in [5.74, 6) is -1.23. The van der Waals surface area contributed by atoms with Crippen LogP contribution in [0.15, 0.2) is 41.7 Å². The summed E-state index contributed by atoms with van der Waals surface area (Å²) in [4.78, 5) is 47.3. The van der Waals surface area contributed by atoms with Crippen molar-refractivity contribution in [1.82, 2.24) is 24.9 Å². The molecule has 3 amide bonds. The molecule has 0 aliphatic carbocycles. The van der Waals surface area contributed by atoms with Gasteiger partial charge in [-0.3, -0.25) is 9.59 Å². The molecule has 1 aromatic heterocycles. The summed E-state index contributed by atoms with van der Waals surface area (Å²) in [7, 11) is 1.50. The highest BCUT2D eigenvalue weighted by Crippen LogP contribution is 2.21. The molecule has 3 rings (SSSR count). The zero-order valence-electron chi connectivity index (χ0n) is 17.8. The molecule has 2 heterocycles. The van der Waals surface area contributed by atoms with Crippen LogP contribution in [0.3, 0.4) is 0 Å². The van der Waals surface area contributed by atoms with Crippen molar-refractivity contribution in [1.29, 1.82) is 0 Å². The number of carbonyl (C=O) groups excluding carboxylic acids is 2. The number of aromatic nitrogens is 2. The van der Waals surface area contributed by atoms with Crippen LogP contribution in [-0.4, -0.2) is 80.3 Å². The molecule has 0 radical (unpaired) electrons. The van der Waals surface area contributed by atoms with Gasteiger partial charge in [0.1, 0.15) is 11.5 Å². The molecule has 9 nitrogen and oxygen atoms in total. The fourth-order valence-corrected chi connectivity index (χ4v) is 3.95. The Labute approximate surface area is 189 Å². The number of piperidine rings is 1. The van der Waals surface area contributed by atoms with Gasteiger partial charge in [-0.1, -0.05) is 23.9 Å². The van der Waals surface area contributed by atoms with Crippen molar-refractivity contribution in [2.45, 2.75) is 30.5 Å². The molecule has 170 valence electrons. The fraction of sp³-hybridized carbons (Fsp3) is 0.381. The first-order valence-corrected chi connectivity index (χ1v) is 11.2. The average molecular weight is 462 g/mol. The van der Waals surface area contributed by atoms with Crippen molar-refractivity contribution in [2.75, 3.05) is 26.4 Å². The van der Waals surface area contributed by atoms with E-state index in [1.54, 1.807) is 6.26 Å². The maximum atomic E-state index is 13.3. The summed E-state index contributed by atoms with van der Waals surface area (Å²) in [6, 6.07) is 6.71. The minimum Gasteiger partial charge on any atom is -0.465 e. The van der Waals surface area contributed by atoms with Gasteiger partial charge in [0.25, 0.3) is 5.91 Å². The second-order valence-electron chi connectivity index (χ2n) is 7.30. The highest BCUT2D eigenvalue weighted by molar-refractivity contribution is 7.98. The van der Waals surface area contributed by atoms with Crippen LogP contribution in [-0.2, 0) is 11.2 Å². The molecule has 0 saturated carbocycles. The van der Waals surface area contributed by atoms with Crippen molar-refractivity contribution < 1.29 is 23.9 Å². The minimum absolute atomic E-state index is 0.0309. The molecule has 1 aromatic carbocycles. The van der Waals surface area contributed by atoms with Crippen LogP contribution in [0.1, 0.15) is 28.9 Å². The van der Waals surface area contributed by atoms with Gasteiger partial charge in [0.15, 0.2) is 5.16 Å². The Balaban J connectivity index is 1.84. The average Bonchev–Trinajstić information content (AvgIpc) is 2.80. The standard InChI is InChI=1S/C21H24FN5O4S/c1-25(19(29)17-7-10-23-20(24-17)32-2)27(16-8-11-26(12-9-16)21(30)31)18(28)13-14-3-5-15(22)6-4-14/h3-7,10,16H,8-9,11-13H2,1-2H3,(H,30,31). The number of hydrogen-bond donors (Lipinski definition) is 1. The number of halogens is 1. The molecule has 2 aromatic rings. The molecule has 1 fully saturated rings. The van der Waals surface area contributed by atoms with Crippen LogP contribution in [0.4, 0.5) is 9.18 Å². The van der Waals surface area contributed by atoms with Crippen LogP contribution in [0.25, 0.3) is 0 Å². The fourth-order valence-electron chi connectivity index (χ4n) is 3.60. The molecule has 1 N–H and O–H groups in total. The monoisotopic (exact) mass is 461 g/mol. The normalized spacial score (nSPS) is 14.2. The smallest absolute Gasteiger partial charge is 0.407 e. The molecule has 11 heteroatoms. The van der Waals surface area contributed by atoms with Gasteiger partial charge < -0.3 is 10.0 Å². The van der Waals surface area contributed by atoms with E-state index >= 15 is 0 Å². The number of hydrogen-bond acceptors (Lipinski definition) is 6. The molecule has 1 saturated heterocycles. The molecule has 1 aliphatic rings. The molecular formula is C21H24FN5O4S. The predicted octanol–water partition coefficient (Wildman–Crippen LogP) is 2.54. The summed E-state index contributed by atoms with van der Waals surface area (Å²) >= 11 is 1.30. The minimum atomic E-state index is -1.01. The van der Waals surface area contributed by atoms with E-state index in [1.807, 2.05) is 0 Å². The van der Waals surface area contributed by atoms with E-state index in [9.17, 15) is 23.9 Å². The molecular weight excluding hydrogens is 437 g/mol. The maximum Gasteiger partial charge on any atom is 0.407 e. The summed E-state index contributed by atoms with van der Waals surface area (Å²) in [6.45, 7) is 0.513. The quantitative estimate of drug-likeness (QED) is 0.414. The van der Waals surface area contributed by atoms with Crippen molar-refractivity contribution in [3.05, 3.63) is 53.6 Å². The Hall–Kier alpha value is -3.21. The van der Waals surface area contributed by atoms with Crippen LogP contribution in [0.2, 0.25) is 0 Å². The zero-order chi connectivity index (χ0) is 23.3. The molecule has 0 spiro atoms. The van der Waals surface area contributed by atoms with E-state index in [1.165, 1.54) is 70.3 Å². The maximum absolute atomic E-state index is 13.3. The van der Waals surface area contributed by atoms with Gasteiger partial charge >= 0.3 is 6.09 Å². The number of thioether (sulfide) groups is 1. The first kappa shape index (κ1) is 23.5. The van der Waals surface area contributed by atoms with Gasteiger partial charge in [0.05, 0.1) is 12.5 Å². The number of carboxylic acid groups (broad SMARTS) is 1. The van der Waals surface area contributed by atoms with E-state index in [2.05, 4.69) is 9.97 Å². The Morgan fingerprint density at radius 3 is 2.44 bits per heavy atom. The van der Waals surface area contributed by atoms with Gasteiger partial charge in [0, 0.05) is 26.3 Å². The van der Waals surface area contributed by atoms with Crippen molar-refractivity contribution >= 4 is 29.7 Å². The lowest BCUT2D eigenvalue weighted by Crippen LogP contribution is -2.56. The third-order valence-corrected chi connectivity index (χ3v) is 5.82. The summed E-state index contributed by atoms with van der Waals surface area (Å²) in [5, 5.41) is 12.3. The highest BCUT2D eigenvalue weighted by Gasteiger charge is 2.34. The van der Waals surface area contributed by atoms with Crippen LogP contribution in [0.5, 0.6) is 0 Å². The third kappa shape index (κ3) is 5.52. The van der Waals surface area contributed by atoms with E-state index in [-0.39, 0.29) is 37.2 Å². The van der Waals surface area contributed by atoms with E-state index in [4.69, 9.17) is 0 Å². The Morgan fingerprint density at radius 1 is 1.19 bits per heavy atom. The number of nitrogens with zero attached hydrogens (tertiary/aromatic N) is 5. The number of benzene rings is 1. The van der Waals surface area contributed by atoms with Crippen LogP contribution < -0.4 is 0 Å². The molecule has 0 unspecified atom stereocenters. The highest BCUT2D eigenvalue weighted by atomic mass is 32.2. The topological polar surface area (TPSA) is 107 Å². The molecule has 32 heavy (non-hydrogen) atoms. The van der Waals surface area contributed by atoms with Crippen molar-refractivity contribution in [2.24, 2.45) is 0 Å². The van der Waals surface area contributed by atoms with Gasteiger partial charge in [-0.15, -0.1) is 0 Å². The predicted molar refractivity (Wildman–Crippen MR) is 115 cm³/mol. The van der Waals surface area contributed by atoms with Gasteiger partial charge in [-0.2, -0.15) is 0 Å². The van der Waals surface area contributed by atoms with E-state index in [0.29, 0.717) is 23.6 Å². The first-order chi connectivity index (χ1) is 15.3. The largest absolute Gasteiger partial charge is 0.465 e. The Bertz CT molecular complexity index is 982. The molecule has 1 aliphatic heterocycles. The lowest BCUT2D eigenvalue weighted by atomic mass is 10.0. The lowest BCUT2D eigenvalue weighted by molar-refractivity contribution is -0.149. The Kier molecular flexibility index (Phi) is 7.62. The summed E-state index contributed by atoms with van der Waals surface area (Å²) in [6.07, 6.45) is 3.01. The SMILES string of the molecule is CSc1nccc(C(=O)N(C)N(C(=O)Cc2ccc(F)cc2)C2CCN(C(=O)O)CC2)n1. The van der Waals surface area contributed by atoms with E-state index in [0.717, 1.165) is 0 Å². The van der Waals surface area contributed by atoms with Crippen LogP contribution >= 0.6 is 11.8 Å². The van der Waals surface area contributed by atoms with E-state index < -0.39 is 17.8 Å². The Morgan fingerprint density at radius 2 is 1.84 bits per heavy atom. The number of amides is 3. The number of carbonyl (C=O) groups is 3. The van der Waals surface area contributed by atoms with Crippen LogP contribution in [0, 0.1) is 5.82 Å². The van der Waals surface area contributed by atoms with Gasteiger partial charge in [0.2, 0.25) is 5.91 Å². The second-order valence-corrected chi connectivity index (χ2v) is 8.07. The second kappa shape index (κ2) is 10.4. The van der Waals surface area contributed by atoms with Gasteiger partial charge in [-0.05, 0) is 42.9 Å². The zero-order valence-corrected chi connectivity index (χ0v) is 18.6. The summed E-state index contributed by atoms with van der Waals surface area (Å²) in [5.41, 5.74) is 0.756. The third-order valence-electron chi connectivity index (χ3n) is 5.26. The van der Waals surface area contributed by atoms with Crippen molar-refractivity contribution in [3.8, 4) is 0 Å².